The maximum absolute atomic E-state index is 12.2. The molecule has 0 unspecified atom stereocenters. The summed E-state index contributed by atoms with van der Waals surface area (Å²) in [7, 11) is 0. The molecule has 2 N–H and O–H groups in total. The van der Waals surface area contributed by atoms with Crippen molar-refractivity contribution in [3.63, 3.8) is 0 Å². The first-order valence-electron chi connectivity index (χ1n) is 9.67. The molecule has 0 radical (unpaired) electrons. The van der Waals surface area contributed by atoms with Gasteiger partial charge in [-0.2, -0.15) is 0 Å². The maximum Gasteiger partial charge on any atom is 0.417 e. The van der Waals surface area contributed by atoms with Crippen molar-refractivity contribution in [1.29, 1.82) is 0 Å². The molecule has 28 heavy (non-hydrogen) atoms. The van der Waals surface area contributed by atoms with Gasteiger partial charge in [0, 0.05) is 29.8 Å². The molecule has 1 aliphatic heterocycles. The summed E-state index contributed by atoms with van der Waals surface area (Å²) in [6.07, 6.45) is 2.44. The van der Waals surface area contributed by atoms with E-state index in [0.717, 1.165) is 25.2 Å². The molecule has 4 rings (SSSR count). The second-order valence-corrected chi connectivity index (χ2v) is 7.45. The minimum absolute atomic E-state index is 0.450. The highest BCUT2D eigenvalue weighted by molar-refractivity contribution is 5.87. The van der Waals surface area contributed by atoms with Crippen LogP contribution in [-0.4, -0.2) is 17.6 Å². The van der Waals surface area contributed by atoms with Crippen molar-refractivity contribution in [1.82, 2.24) is 4.98 Å². The smallest absolute Gasteiger partial charge is 0.410 e. The number of hydrogen-bond donors (Lipinski definition) is 2. The van der Waals surface area contributed by atoms with Crippen LogP contribution in [0, 0.1) is 0 Å². The Morgan fingerprint density at radius 1 is 1.18 bits per heavy atom. The van der Waals surface area contributed by atoms with Gasteiger partial charge in [-0.15, -0.1) is 0 Å². The zero-order chi connectivity index (χ0) is 19.5. The Labute approximate surface area is 165 Å². The molecule has 2 aromatic carbocycles. The molecule has 5 nitrogen and oxygen atoms in total. The van der Waals surface area contributed by atoms with E-state index in [2.05, 4.69) is 41.2 Å². The fourth-order valence-corrected chi connectivity index (χ4v) is 3.55. The van der Waals surface area contributed by atoms with E-state index in [1.807, 2.05) is 48.7 Å². The van der Waals surface area contributed by atoms with Crippen molar-refractivity contribution in [3.8, 4) is 5.75 Å². The topological polar surface area (TPSA) is 57.4 Å². The van der Waals surface area contributed by atoms with Crippen molar-refractivity contribution < 1.29 is 9.53 Å². The fraction of sp³-hybridized carbons (Fsp3) is 0.261. The monoisotopic (exact) mass is 375 g/mol. The number of carbonyl (C=O) groups excluding carboxylic acids is 1. The van der Waals surface area contributed by atoms with Gasteiger partial charge in [-0.25, -0.2) is 4.79 Å². The van der Waals surface area contributed by atoms with Crippen LogP contribution in [0.3, 0.4) is 0 Å². The van der Waals surface area contributed by atoms with Gasteiger partial charge in [0.25, 0.3) is 0 Å². The Bertz CT molecular complexity index is 946. The normalized spacial score (nSPS) is 12.9. The minimum atomic E-state index is -0.474. The summed E-state index contributed by atoms with van der Waals surface area (Å²) in [5.74, 6) is 0.992. The number of aromatic amines is 1. The number of H-pyrrole nitrogens is 1. The lowest BCUT2D eigenvalue weighted by atomic mass is 10.0. The summed E-state index contributed by atoms with van der Waals surface area (Å²) in [5.41, 5.74) is 5.63. The van der Waals surface area contributed by atoms with Gasteiger partial charge in [0.15, 0.2) is 0 Å². The van der Waals surface area contributed by atoms with E-state index in [9.17, 15) is 4.79 Å². The third-order valence-corrected chi connectivity index (χ3v) is 5.10. The molecule has 0 fully saturated rings. The van der Waals surface area contributed by atoms with Crippen molar-refractivity contribution in [3.05, 3.63) is 77.6 Å². The third-order valence-electron chi connectivity index (χ3n) is 5.10. The van der Waals surface area contributed by atoms with Crippen molar-refractivity contribution in [2.75, 3.05) is 16.8 Å². The highest BCUT2D eigenvalue weighted by atomic mass is 16.6. The molecule has 0 spiro atoms. The van der Waals surface area contributed by atoms with Crippen molar-refractivity contribution >= 4 is 17.5 Å². The molecule has 0 aliphatic carbocycles. The van der Waals surface area contributed by atoms with Gasteiger partial charge in [0.1, 0.15) is 5.75 Å². The lowest BCUT2D eigenvalue weighted by molar-refractivity contribution is 0.215. The molecule has 2 heterocycles. The molecular weight excluding hydrogens is 350 g/mol. The van der Waals surface area contributed by atoms with Crippen LogP contribution in [0.1, 0.15) is 36.6 Å². The van der Waals surface area contributed by atoms with E-state index in [4.69, 9.17) is 4.74 Å². The Hall–Kier alpha value is -3.21. The molecule has 1 aliphatic rings. The van der Waals surface area contributed by atoms with Gasteiger partial charge in [0.05, 0.1) is 6.54 Å². The molecular formula is C23H25N3O2. The first-order chi connectivity index (χ1) is 13.6. The van der Waals surface area contributed by atoms with E-state index in [1.165, 1.54) is 22.5 Å². The van der Waals surface area contributed by atoms with Crippen LogP contribution in [0.2, 0.25) is 0 Å². The third kappa shape index (κ3) is 4.03. The summed E-state index contributed by atoms with van der Waals surface area (Å²) >= 11 is 0. The van der Waals surface area contributed by atoms with Crippen LogP contribution < -0.4 is 15.0 Å². The van der Waals surface area contributed by atoms with Crippen molar-refractivity contribution in [2.45, 2.75) is 32.7 Å². The molecule has 144 valence electrons. The first kappa shape index (κ1) is 18.2. The Kier molecular flexibility index (Phi) is 5.06. The van der Waals surface area contributed by atoms with Crippen LogP contribution in [0.15, 0.2) is 60.8 Å². The number of amides is 1. The summed E-state index contributed by atoms with van der Waals surface area (Å²) in [6, 6.07) is 17.8. The van der Waals surface area contributed by atoms with Gasteiger partial charge in [-0.1, -0.05) is 26.0 Å². The van der Waals surface area contributed by atoms with Gasteiger partial charge in [0.2, 0.25) is 0 Å². The standard InChI is InChI=1S/C23H25N3O2/c1-16(2)17-5-8-21(9-6-17)28-23(27)25-19-7-10-22-18(14-19)11-13-26(22)15-20-4-3-12-24-20/h3-10,12,14,16,24H,11,13,15H2,1-2H3,(H,25,27). The highest BCUT2D eigenvalue weighted by Crippen LogP contribution is 2.31. The first-order valence-corrected chi connectivity index (χ1v) is 9.67. The van der Waals surface area contributed by atoms with E-state index in [1.54, 1.807) is 0 Å². The van der Waals surface area contributed by atoms with Crippen LogP contribution >= 0.6 is 0 Å². The zero-order valence-corrected chi connectivity index (χ0v) is 16.2. The number of nitrogens with zero attached hydrogens (tertiary/aromatic N) is 1. The number of hydrogen-bond acceptors (Lipinski definition) is 3. The largest absolute Gasteiger partial charge is 0.417 e. The van der Waals surface area contributed by atoms with Gasteiger partial charge in [-0.05, 0) is 65.9 Å². The minimum Gasteiger partial charge on any atom is -0.410 e. The summed E-state index contributed by atoms with van der Waals surface area (Å²) in [5, 5.41) is 2.83. The molecule has 1 amide bonds. The van der Waals surface area contributed by atoms with Crippen molar-refractivity contribution in [2.24, 2.45) is 0 Å². The number of aromatic nitrogens is 1. The van der Waals surface area contributed by atoms with Gasteiger partial charge >= 0.3 is 6.09 Å². The predicted octanol–water partition coefficient (Wildman–Crippen LogP) is 5.31. The predicted molar refractivity (Wildman–Crippen MR) is 112 cm³/mol. The maximum atomic E-state index is 12.2. The SMILES string of the molecule is CC(C)c1ccc(OC(=O)Nc2ccc3c(c2)CCN3Cc2ccc[nH]2)cc1. The zero-order valence-electron chi connectivity index (χ0n) is 16.2. The Morgan fingerprint density at radius 3 is 2.71 bits per heavy atom. The number of fused-ring (bicyclic) bond motifs is 1. The quantitative estimate of drug-likeness (QED) is 0.635. The Morgan fingerprint density at radius 2 is 2.00 bits per heavy atom. The number of ether oxygens (including phenoxy) is 1. The van der Waals surface area contributed by atoms with E-state index in [-0.39, 0.29) is 0 Å². The Balaban J connectivity index is 1.38. The second-order valence-electron chi connectivity index (χ2n) is 7.45. The number of carbonyl (C=O) groups is 1. The average molecular weight is 375 g/mol. The highest BCUT2D eigenvalue weighted by Gasteiger charge is 2.20. The summed E-state index contributed by atoms with van der Waals surface area (Å²) in [6.45, 7) is 6.11. The number of rotatable bonds is 5. The summed E-state index contributed by atoms with van der Waals surface area (Å²) < 4.78 is 5.40. The molecule has 0 atom stereocenters. The molecule has 0 bridgehead atoms. The average Bonchev–Trinajstić information content (AvgIpc) is 3.32. The second kappa shape index (κ2) is 7.80. The van der Waals surface area contributed by atoms with Crippen LogP contribution in [0.5, 0.6) is 5.75 Å². The van der Waals surface area contributed by atoms with Gasteiger partial charge in [-0.3, -0.25) is 5.32 Å². The molecule has 0 saturated carbocycles. The van der Waals surface area contributed by atoms with E-state index in [0.29, 0.717) is 11.7 Å². The summed E-state index contributed by atoms with van der Waals surface area (Å²) in [4.78, 5) is 17.8. The fourth-order valence-electron chi connectivity index (χ4n) is 3.55. The molecule has 1 aromatic heterocycles. The van der Waals surface area contributed by atoms with Crippen LogP contribution in [-0.2, 0) is 13.0 Å². The van der Waals surface area contributed by atoms with Crippen LogP contribution in [0.25, 0.3) is 0 Å². The lowest BCUT2D eigenvalue weighted by Crippen LogP contribution is -2.19. The lowest BCUT2D eigenvalue weighted by Gasteiger charge is -2.18. The molecule has 0 saturated heterocycles. The van der Waals surface area contributed by atoms with E-state index < -0.39 is 6.09 Å². The van der Waals surface area contributed by atoms with Crippen LogP contribution in [0.4, 0.5) is 16.2 Å². The molecule has 3 aromatic rings. The molecule has 5 heteroatoms. The van der Waals surface area contributed by atoms with Gasteiger partial charge < -0.3 is 14.6 Å². The number of nitrogens with one attached hydrogen (secondary N) is 2. The van der Waals surface area contributed by atoms with E-state index >= 15 is 0 Å². The number of anilines is 2. The number of benzene rings is 2.